The Balaban J connectivity index is 1.47. The number of amides is 1. The highest BCUT2D eigenvalue weighted by Gasteiger charge is 2.14. The molecule has 1 aliphatic rings. The van der Waals surface area contributed by atoms with Crippen LogP contribution in [0.15, 0.2) is 48.5 Å². The molecule has 1 amide bonds. The van der Waals surface area contributed by atoms with Gasteiger partial charge in [0.15, 0.2) is 18.1 Å². The molecular formula is C19H14N2O5. The van der Waals surface area contributed by atoms with E-state index in [0.29, 0.717) is 22.7 Å². The van der Waals surface area contributed by atoms with E-state index in [1.807, 2.05) is 6.07 Å². The minimum absolute atomic E-state index is 0.149. The van der Waals surface area contributed by atoms with Crippen LogP contribution < -0.4 is 14.8 Å². The molecule has 0 saturated heterocycles. The molecule has 7 heteroatoms. The Bertz CT molecular complexity index is 897. The highest BCUT2D eigenvalue weighted by Crippen LogP contribution is 2.34. The SMILES string of the molecule is N#Cc1ccc(/C=C/C(=O)OCC(=O)Nc2ccc3c(c2)OCO3)cc1. The number of carbonyl (C=O) groups is 2. The number of benzene rings is 2. The molecule has 1 N–H and O–H groups in total. The molecule has 0 saturated carbocycles. The summed E-state index contributed by atoms with van der Waals surface area (Å²) < 4.78 is 15.3. The largest absolute Gasteiger partial charge is 0.454 e. The van der Waals surface area contributed by atoms with Crippen molar-refractivity contribution in [2.24, 2.45) is 0 Å². The standard InChI is InChI=1S/C19H14N2O5/c20-10-14-3-1-13(2-4-14)5-8-19(23)24-11-18(22)21-15-6-7-16-17(9-15)26-12-25-16/h1-9H,11-12H2,(H,21,22)/b8-5+. The topological polar surface area (TPSA) is 97.7 Å². The monoisotopic (exact) mass is 350 g/mol. The number of hydrogen-bond donors (Lipinski definition) is 1. The Morgan fingerprint density at radius 2 is 1.92 bits per heavy atom. The van der Waals surface area contributed by atoms with Crippen molar-refractivity contribution in [3.05, 3.63) is 59.7 Å². The summed E-state index contributed by atoms with van der Waals surface area (Å²) in [5, 5.41) is 11.3. The first-order valence-corrected chi connectivity index (χ1v) is 7.68. The van der Waals surface area contributed by atoms with Crippen LogP contribution in [0.25, 0.3) is 6.08 Å². The summed E-state index contributed by atoms with van der Waals surface area (Å²) in [4.78, 5) is 23.5. The van der Waals surface area contributed by atoms with Gasteiger partial charge < -0.3 is 19.5 Å². The second kappa shape index (κ2) is 7.85. The smallest absolute Gasteiger partial charge is 0.331 e. The third-order valence-corrected chi connectivity index (χ3v) is 3.45. The third kappa shape index (κ3) is 4.39. The lowest BCUT2D eigenvalue weighted by Crippen LogP contribution is -2.20. The van der Waals surface area contributed by atoms with Gasteiger partial charge in [-0.3, -0.25) is 4.79 Å². The molecular weight excluding hydrogens is 336 g/mol. The average Bonchev–Trinajstić information content (AvgIpc) is 3.13. The minimum Gasteiger partial charge on any atom is -0.454 e. The van der Waals surface area contributed by atoms with Crippen molar-refractivity contribution in [2.45, 2.75) is 0 Å². The molecule has 0 aliphatic carbocycles. The van der Waals surface area contributed by atoms with Crippen LogP contribution in [0.4, 0.5) is 5.69 Å². The van der Waals surface area contributed by atoms with Gasteiger partial charge in [-0.05, 0) is 35.9 Å². The molecule has 0 atom stereocenters. The molecule has 26 heavy (non-hydrogen) atoms. The normalized spacial score (nSPS) is 11.8. The fourth-order valence-electron chi connectivity index (χ4n) is 2.19. The van der Waals surface area contributed by atoms with E-state index >= 15 is 0 Å². The molecule has 3 rings (SSSR count). The number of nitrogens with zero attached hydrogens (tertiary/aromatic N) is 1. The Morgan fingerprint density at radius 1 is 1.15 bits per heavy atom. The van der Waals surface area contributed by atoms with Gasteiger partial charge in [0.25, 0.3) is 5.91 Å². The molecule has 0 bridgehead atoms. The Hall–Kier alpha value is -3.79. The summed E-state index contributed by atoms with van der Waals surface area (Å²) in [5.74, 6) is 0.0479. The number of nitrogens with one attached hydrogen (secondary N) is 1. The number of rotatable bonds is 5. The molecule has 0 fully saturated rings. The molecule has 1 aliphatic heterocycles. The van der Waals surface area contributed by atoms with E-state index in [1.54, 1.807) is 48.5 Å². The Morgan fingerprint density at radius 3 is 2.69 bits per heavy atom. The van der Waals surface area contributed by atoms with Crippen LogP contribution in [0.5, 0.6) is 11.5 Å². The number of hydrogen-bond acceptors (Lipinski definition) is 6. The maximum atomic E-state index is 11.8. The molecule has 2 aromatic rings. The van der Waals surface area contributed by atoms with Crippen molar-refractivity contribution in [2.75, 3.05) is 18.7 Å². The number of esters is 1. The highest BCUT2D eigenvalue weighted by molar-refractivity contribution is 5.94. The van der Waals surface area contributed by atoms with Gasteiger partial charge >= 0.3 is 5.97 Å². The molecule has 1 heterocycles. The first-order valence-electron chi connectivity index (χ1n) is 7.68. The van der Waals surface area contributed by atoms with Crippen LogP contribution in [-0.2, 0) is 14.3 Å². The first-order chi connectivity index (χ1) is 12.6. The van der Waals surface area contributed by atoms with E-state index in [-0.39, 0.29) is 6.79 Å². The fourth-order valence-corrected chi connectivity index (χ4v) is 2.19. The first kappa shape index (κ1) is 17.0. The van der Waals surface area contributed by atoms with E-state index in [9.17, 15) is 9.59 Å². The van der Waals surface area contributed by atoms with Crippen molar-refractivity contribution >= 4 is 23.6 Å². The number of fused-ring (bicyclic) bond motifs is 1. The van der Waals surface area contributed by atoms with Gasteiger partial charge in [0.2, 0.25) is 6.79 Å². The van der Waals surface area contributed by atoms with Gasteiger partial charge in [-0.1, -0.05) is 12.1 Å². The lowest BCUT2D eigenvalue weighted by Gasteiger charge is -2.06. The second-order valence-electron chi connectivity index (χ2n) is 5.29. The van der Waals surface area contributed by atoms with Gasteiger partial charge in [-0.2, -0.15) is 5.26 Å². The number of anilines is 1. The quantitative estimate of drug-likeness (QED) is 0.657. The maximum absolute atomic E-state index is 11.8. The van der Waals surface area contributed by atoms with Crippen LogP contribution in [0, 0.1) is 11.3 Å². The summed E-state index contributed by atoms with van der Waals surface area (Å²) in [7, 11) is 0. The van der Waals surface area contributed by atoms with Crippen LogP contribution in [0.3, 0.4) is 0 Å². The predicted octanol–water partition coefficient (Wildman–Crippen LogP) is 2.48. The van der Waals surface area contributed by atoms with Crippen LogP contribution in [-0.4, -0.2) is 25.3 Å². The zero-order valence-corrected chi connectivity index (χ0v) is 13.6. The number of carbonyl (C=O) groups excluding carboxylic acids is 2. The summed E-state index contributed by atoms with van der Waals surface area (Å²) in [6.07, 6.45) is 2.76. The zero-order valence-electron chi connectivity index (χ0n) is 13.6. The number of nitriles is 1. The molecule has 7 nitrogen and oxygen atoms in total. The van der Waals surface area contributed by atoms with Gasteiger partial charge in [0, 0.05) is 17.8 Å². The van der Waals surface area contributed by atoms with E-state index in [1.165, 1.54) is 6.08 Å². The summed E-state index contributed by atoms with van der Waals surface area (Å²) in [6, 6.07) is 13.7. The molecule has 0 aromatic heterocycles. The molecule has 0 unspecified atom stereocenters. The van der Waals surface area contributed by atoms with Crippen LogP contribution >= 0.6 is 0 Å². The average molecular weight is 350 g/mol. The van der Waals surface area contributed by atoms with Crippen molar-refractivity contribution in [3.8, 4) is 17.6 Å². The van der Waals surface area contributed by atoms with Gasteiger partial charge in [-0.25, -0.2) is 4.79 Å². The van der Waals surface area contributed by atoms with Crippen molar-refractivity contribution in [1.82, 2.24) is 0 Å². The van der Waals surface area contributed by atoms with E-state index in [0.717, 1.165) is 5.56 Å². The summed E-state index contributed by atoms with van der Waals surface area (Å²) >= 11 is 0. The lowest BCUT2D eigenvalue weighted by molar-refractivity contribution is -0.142. The second-order valence-corrected chi connectivity index (χ2v) is 5.29. The van der Waals surface area contributed by atoms with Crippen molar-refractivity contribution < 1.29 is 23.8 Å². The molecule has 2 aromatic carbocycles. The summed E-state index contributed by atoms with van der Waals surface area (Å²) in [6.45, 7) is -0.263. The van der Waals surface area contributed by atoms with Crippen LogP contribution in [0.1, 0.15) is 11.1 Å². The third-order valence-electron chi connectivity index (χ3n) is 3.45. The van der Waals surface area contributed by atoms with Gasteiger partial charge in [-0.15, -0.1) is 0 Å². The Kier molecular flexibility index (Phi) is 5.15. The predicted molar refractivity (Wildman–Crippen MR) is 92.3 cm³/mol. The summed E-state index contributed by atoms with van der Waals surface area (Å²) in [5.41, 5.74) is 1.79. The van der Waals surface area contributed by atoms with Crippen molar-refractivity contribution in [1.29, 1.82) is 5.26 Å². The van der Waals surface area contributed by atoms with E-state index in [4.69, 9.17) is 19.5 Å². The Labute approximate surface area is 149 Å². The maximum Gasteiger partial charge on any atom is 0.331 e. The van der Waals surface area contributed by atoms with Gasteiger partial charge in [0.05, 0.1) is 11.6 Å². The molecule has 0 radical (unpaired) electrons. The number of ether oxygens (including phenoxy) is 3. The van der Waals surface area contributed by atoms with E-state index in [2.05, 4.69) is 5.32 Å². The van der Waals surface area contributed by atoms with E-state index < -0.39 is 18.5 Å². The molecule has 0 spiro atoms. The van der Waals surface area contributed by atoms with Crippen molar-refractivity contribution in [3.63, 3.8) is 0 Å². The lowest BCUT2D eigenvalue weighted by atomic mass is 10.1. The fraction of sp³-hybridized carbons (Fsp3) is 0.105. The molecule has 130 valence electrons. The van der Waals surface area contributed by atoms with Crippen LogP contribution in [0.2, 0.25) is 0 Å². The highest BCUT2D eigenvalue weighted by atomic mass is 16.7. The minimum atomic E-state index is -0.643. The zero-order chi connectivity index (χ0) is 18.4. The van der Waals surface area contributed by atoms with Gasteiger partial charge in [0.1, 0.15) is 0 Å².